The Labute approximate surface area is 133 Å². The average molecular weight is 378 g/mol. The third-order valence-electron chi connectivity index (χ3n) is 2.53. The lowest BCUT2D eigenvalue weighted by Crippen LogP contribution is -2.16. The fourth-order valence-corrected chi connectivity index (χ4v) is 2.46. The summed E-state index contributed by atoms with van der Waals surface area (Å²) in [6.45, 7) is 1.67. The number of aromatic nitrogens is 1. The molecule has 1 heterocycles. The molecule has 0 aliphatic rings. The number of pyridine rings is 1. The van der Waals surface area contributed by atoms with E-state index in [-0.39, 0.29) is 16.4 Å². The highest BCUT2D eigenvalue weighted by Crippen LogP contribution is 2.27. The highest BCUT2D eigenvalue weighted by atomic mass is 79.9. The maximum absolute atomic E-state index is 13.7. The molecule has 0 bridgehead atoms. The summed E-state index contributed by atoms with van der Waals surface area (Å²) in [6, 6.07) is 5.73. The van der Waals surface area contributed by atoms with Crippen LogP contribution >= 0.6 is 39.1 Å². The van der Waals surface area contributed by atoms with Crippen molar-refractivity contribution in [1.29, 1.82) is 0 Å². The van der Waals surface area contributed by atoms with Crippen LogP contribution in [0.15, 0.2) is 28.7 Å². The number of carbonyl (C=O) groups is 1. The van der Waals surface area contributed by atoms with Crippen molar-refractivity contribution in [3.8, 4) is 0 Å². The second kappa shape index (κ2) is 6.08. The van der Waals surface area contributed by atoms with E-state index in [9.17, 15) is 9.18 Å². The van der Waals surface area contributed by atoms with Gasteiger partial charge in [-0.15, -0.1) is 0 Å². The molecule has 2 rings (SSSR count). The van der Waals surface area contributed by atoms with E-state index in [4.69, 9.17) is 23.2 Å². The minimum Gasteiger partial charge on any atom is -0.305 e. The van der Waals surface area contributed by atoms with E-state index < -0.39 is 11.7 Å². The SMILES string of the molecule is Cc1nc(NC(=O)c2c(F)cccc2Br)c(Cl)cc1Cl. The number of nitrogens with zero attached hydrogens (tertiary/aromatic N) is 1. The van der Waals surface area contributed by atoms with Gasteiger partial charge in [0.2, 0.25) is 0 Å². The van der Waals surface area contributed by atoms with Gasteiger partial charge in [-0.25, -0.2) is 9.37 Å². The first kappa shape index (κ1) is 15.2. The maximum Gasteiger partial charge on any atom is 0.260 e. The molecule has 1 aromatic heterocycles. The molecule has 7 heteroatoms. The van der Waals surface area contributed by atoms with Crippen molar-refractivity contribution in [2.24, 2.45) is 0 Å². The van der Waals surface area contributed by atoms with Crippen LogP contribution in [-0.2, 0) is 0 Å². The number of halogens is 4. The summed E-state index contributed by atoms with van der Waals surface area (Å²) in [5, 5.41) is 3.04. The molecular formula is C13H8BrCl2FN2O. The molecule has 1 amide bonds. The number of rotatable bonds is 2. The molecule has 0 fully saturated rings. The molecule has 3 nitrogen and oxygen atoms in total. The Bertz CT molecular complexity index is 674. The van der Waals surface area contributed by atoms with Gasteiger partial charge in [0.25, 0.3) is 5.91 Å². The van der Waals surface area contributed by atoms with Crippen molar-refractivity contribution in [1.82, 2.24) is 4.98 Å². The van der Waals surface area contributed by atoms with Gasteiger partial charge in [-0.3, -0.25) is 4.79 Å². The van der Waals surface area contributed by atoms with E-state index in [0.717, 1.165) is 0 Å². The second-order valence-corrected chi connectivity index (χ2v) is 5.61. The normalized spacial score (nSPS) is 10.4. The topological polar surface area (TPSA) is 42.0 Å². The molecule has 2 aromatic rings. The minimum atomic E-state index is -0.647. The number of hydrogen-bond acceptors (Lipinski definition) is 2. The van der Waals surface area contributed by atoms with Crippen LogP contribution < -0.4 is 5.32 Å². The number of anilines is 1. The molecule has 0 aliphatic carbocycles. The fourth-order valence-electron chi connectivity index (χ4n) is 1.53. The summed E-state index contributed by atoms with van der Waals surface area (Å²) in [5.41, 5.74) is 0.400. The number of nitrogens with one attached hydrogen (secondary N) is 1. The van der Waals surface area contributed by atoms with E-state index >= 15 is 0 Å². The molecule has 0 aliphatic heterocycles. The highest BCUT2D eigenvalue weighted by molar-refractivity contribution is 9.10. The number of amides is 1. The van der Waals surface area contributed by atoms with Crippen LogP contribution in [0.4, 0.5) is 10.2 Å². The molecule has 0 atom stereocenters. The summed E-state index contributed by atoms with van der Waals surface area (Å²) in [5.74, 6) is -1.15. The predicted molar refractivity (Wildman–Crippen MR) is 81.0 cm³/mol. The lowest BCUT2D eigenvalue weighted by atomic mass is 10.2. The molecular weight excluding hydrogens is 370 g/mol. The Morgan fingerprint density at radius 3 is 2.70 bits per heavy atom. The molecule has 0 saturated carbocycles. The van der Waals surface area contributed by atoms with Gasteiger partial charge in [0.05, 0.1) is 21.3 Å². The lowest BCUT2D eigenvalue weighted by Gasteiger charge is -2.10. The zero-order chi connectivity index (χ0) is 14.9. The summed E-state index contributed by atoms with van der Waals surface area (Å²) < 4.78 is 14.0. The first-order valence-electron chi connectivity index (χ1n) is 5.48. The number of hydrogen-bond donors (Lipinski definition) is 1. The van der Waals surface area contributed by atoms with E-state index in [2.05, 4.69) is 26.2 Å². The van der Waals surface area contributed by atoms with Gasteiger partial charge in [-0.05, 0) is 41.1 Å². The van der Waals surface area contributed by atoms with Crippen LogP contribution in [0.5, 0.6) is 0 Å². The van der Waals surface area contributed by atoms with E-state index in [1.165, 1.54) is 18.2 Å². The first-order valence-corrected chi connectivity index (χ1v) is 7.03. The van der Waals surface area contributed by atoms with Crippen molar-refractivity contribution in [2.75, 3.05) is 5.32 Å². The summed E-state index contributed by atoms with van der Waals surface area (Å²) in [4.78, 5) is 16.2. The van der Waals surface area contributed by atoms with Gasteiger partial charge in [-0.2, -0.15) is 0 Å². The lowest BCUT2D eigenvalue weighted by molar-refractivity contribution is 0.102. The Balaban J connectivity index is 2.35. The fraction of sp³-hybridized carbons (Fsp3) is 0.0769. The average Bonchev–Trinajstić information content (AvgIpc) is 2.35. The monoisotopic (exact) mass is 376 g/mol. The molecule has 0 radical (unpaired) electrons. The molecule has 1 aromatic carbocycles. The van der Waals surface area contributed by atoms with Gasteiger partial charge >= 0.3 is 0 Å². The Kier molecular flexibility index (Phi) is 4.62. The predicted octanol–water partition coefficient (Wildman–Crippen LogP) is 4.85. The molecule has 20 heavy (non-hydrogen) atoms. The van der Waals surface area contributed by atoms with E-state index in [1.54, 1.807) is 13.0 Å². The van der Waals surface area contributed by atoms with Crippen molar-refractivity contribution in [2.45, 2.75) is 6.92 Å². The summed E-state index contributed by atoms with van der Waals surface area (Å²) in [6.07, 6.45) is 0. The third kappa shape index (κ3) is 3.11. The molecule has 0 spiro atoms. The molecule has 1 N–H and O–H groups in total. The number of benzene rings is 1. The van der Waals surface area contributed by atoms with E-state index in [0.29, 0.717) is 15.2 Å². The largest absolute Gasteiger partial charge is 0.305 e. The Hall–Kier alpha value is -1.17. The van der Waals surface area contributed by atoms with Crippen LogP contribution in [0.25, 0.3) is 0 Å². The van der Waals surface area contributed by atoms with Gasteiger partial charge in [0.1, 0.15) is 5.82 Å². The van der Waals surface area contributed by atoms with Gasteiger partial charge in [0, 0.05) is 4.47 Å². The van der Waals surface area contributed by atoms with Crippen LogP contribution in [0.1, 0.15) is 16.1 Å². The highest BCUT2D eigenvalue weighted by Gasteiger charge is 2.17. The van der Waals surface area contributed by atoms with Gasteiger partial charge in [-0.1, -0.05) is 29.3 Å². The van der Waals surface area contributed by atoms with Crippen molar-refractivity contribution < 1.29 is 9.18 Å². The summed E-state index contributed by atoms with van der Waals surface area (Å²) in [7, 11) is 0. The van der Waals surface area contributed by atoms with Gasteiger partial charge in [0.15, 0.2) is 5.82 Å². The Morgan fingerprint density at radius 2 is 2.05 bits per heavy atom. The maximum atomic E-state index is 13.7. The second-order valence-electron chi connectivity index (χ2n) is 3.94. The first-order chi connectivity index (χ1) is 9.40. The summed E-state index contributed by atoms with van der Waals surface area (Å²) >= 11 is 14.9. The smallest absolute Gasteiger partial charge is 0.260 e. The zero-order valence-corrected chi connectivity index (χ0v) is 13.3. The molecule has 0 saturated heterocycles. The minimum absolute atomic E-state index is 0.113. The molecule has 0 unspecified atom stereocenters. The van der Waals surface area contributed by atoms with Crippen molar-refractivity contribution in [3.63, 3.8) is 0 Å². The quantitative estimate of drug-likeness (QED) is 0.812. The Morgan fingerprint density at radius 1 is 1.35 bits per heavy atom. The van der Waals surface area contributed by atoms with Crippen LogP contribution in [0.2, 0.25) is 10.0 Å². The van der Waals surface area contributed by atoms with Crippen molar-refractivity contribution >= 4 is 50.9 Å². The third-order valence-corrected chi connectivity index (χ3v) is 3.86. The molecule has 104 valence electrons. The van der Waals surface area contributed by atoms with Crippen LogP contribution in [-0.4, -0.2) is 10.9 Å². The van der Waals surface area contributed by atoms with Crippen molar-refractivity contribution in [3.05, 3.63) is 55.9 Å². The zero-order valence-electron chi connectivity index (χ0n) is 10.2. The van der Waals surface area contributed by atoms with Gasteiger partial charge < -0.3 is 5.32 Å². The van der Waals surface area contributed by atoms with Crippen LogP contribution in [0, 0.1) is 12.7 Å². The van der Waals surface area contributed by atoms with E-state index in [1.807, 2.05) is 0 Å². The number of carbonyl (C=O) groups excluding carboxylic acids is 1. The standard InChI is InChI=1S/C13H8BrCl2FN2O/c1-6-8(15)5-9(16)12(18-6)19-13(20)11-7(14)3-2-4-10(11)17/h2-5H,1H3,(H,18,19,20). The number of aryl methyl sites for hydroxylation is 1. The van der Waals surface area contributed by atoms with Crippen LogP contribution in [0.3, 0.4) is 0 Å².